The molecule has 1 amide bonds. The Morgan fingerprint density at radius 1 is 0.857 bits per heavy atom. The first-order valence-electron chi connectivity index (χ1n) is 9.65. The minimum absolute atomic E-state index is 0.0379. The third kappa shape index (κ3) is 4.53. The molecule has 1 heterocycles. The fourth-order valence-corrected chi connectivity index (χ4v) is 3.90. The van der Waals surface area contributed by atoms with Crippen molar-refractivity contribution in [1.29, 1.82) is 0 Å². The first kappa shape index (κ1) is 18.9. The molecule has 3 aromatic rings. The summed E-state index contributed by atoms with van der Waals surface area (Å²) in [6.07, 6.45) is 0. The minimum Gasteiger partial charge on any atom is -0.324 e. The monoisotopic (exact) mass is 393 g/mol. The van der Waals surface area contributed by atoms with E-state index in [1.54, 1.807) is 0 Å². The zero-order chi connectivity index (χ0) is 19.3. The zero-order valence-corrected chi connectivity index (χ0v) is 16.5. The lowest BCUT2D eigenvalue weighted by Crippen LogP contribution is -2.48. The molecule has 1 saturated heterocycles. The summed E-state index contributed by atoms with van der Waals surface area (Å²) in [5.41, 5.74) is 2.03. The Morgan fingerprint density at radius 3 is 2.36 bits per heavy atom. The summed E-state index contributed by atoms with van der Waals surface area (Å²) in [5, 5.41) is 6.10. The molecule has 0 spiro atoms. The van der Waals surface area contributed by atoms with Crippen molar-refractivity contribution in [2.45, 2.75) is 6.54 Å². The highest BCUT2D eigenvalue weighted by Crippen LogP contribution is 2.23. The van der Waals surface area contributed by atoms with Crippen LogP contribution in [0.1, 0.15) is 5.56 Å². The van der Waals surface area contributed by atoms with Gasteiger partial charge in [-0.1, -0.05) is 66.2 Å². The lowest BCUT2D eigenvalue weighted by Gasteiger charge is -2.34. The van der Waals surface area contributed by atoms with E-state index in [0.29, 0.717) is 6.54 Å². The predicted octanol–water partition coefficient (Wildman–Crippen LogP) is 4.25. The number of benzene rings is 3. The smallest absolute Gasteiger partial charge is 0.238 e. The van der Waals surface area contributed by atoms with Gasteiger partial charge in [0.1, 0.15) is 0 Å². The van der Waals surface area contributed by atoms with Gasteiger partial charge in [0, 0.05) is 48.8 Å². The molecule has 1 aliphatic heterocycles. The summed E-state index contributed by atoms with van der Waals surface area (Å²) in [5.74, 6) is 0.0379. The minimum atomic E-state index is 0.0379. The van der Waals surface area contributed by atoms with Crippen LogP contribution in [0.2, 0.25) is 5.02 Å². The fraction of sp³-hybridized carbons (Fsp3) is 0.261. The second-order valence-corrected chi connectivity index (χ2v) is 7.63. The average molecular weight is 394 g/mol. The van der Waals surface area contributed by atoms with Crippen LogP contribution in [0.5, 0.6) is 0 Å². The number of piperazine rings is 1. The number of halogens is 1. The number of nitrogens with zero attached hydrogens (tertiary/aromatic N) is 2. The standard InChI is InChI=1S/C23H24ClN3O/c24-21-10-4-2-7-19(21)16-26-12-14-27(15-13-26)17-23(28)25-22-11-5-8-18-6-1-3-9-20(18)22/h1-11H,12-17H2,(H,25,28). The van der Waals surface area contributed by atoms with Crippen LogP contribution in [0.3, 0.4) is 0 Å². The van der Waals surface area contributed by atoms with E-state index in [-0.39, 0.29) is 5.91 Å². The summed E-state index contributed by atoms with van der Waals surface area (Å²) in [6, 6.07) is 22.1. The molecule has 5 heteroatoms. The molecular weight excluding hydrogens is 370 g/mol. The van der Waals surface area contributed by atoms with Crippen molar-refractivity contribution in [3.05, 3.63) is 77.3 Å². The van der Waals surface area contributed by atoms with Gasteiger partial charge in [-0.15, -0.1) is 0 Å². The second-order valence-electron chi connectivity index (χ2n) is 7.22. The number of hydrogen-bond acceptors (Lipinski definition) is 3. The molecule has 0 radical (unpaired) electrons. The molecule has 0 aromatic heterocycles. The van der Waals surface area contributed by atoms with E-state index < -0.39 is 0 Å². The van der Waals surface area contributed by atoms with Crippen LogP contribution in [0.4, 0.5) is 5.69 Å². The topological polar surface area (TPSA) is 35.6 Å². The number of amides is 1. The largest absolute Gasteiger partial charge is 0.324 e. The summed E-state index contributed by atoms with van der Waals surface area (Å²) >= 11 is 6.27. The van der Waals surface area contributed by atoms with Crippen molar-refractivity contribution in [1.82, 2.24) is 9.80 Å². The van der Waals surface area contributed by atoms with E-state index in [1.807, 2.05) is 48.5 Å². The van der Waals surface area contributed by atoms with Crippen molar-refractivity contribution in [3.8, 4) is 0 Å². The van der Waals surface area contributed by atoms with Crippen molar-refractivity contribution in [3.63, 3.8) is 0 Å². The van der Waals surface area contributed by atoms with Gasteiger partial charge in [0.05, 0.1) is 6.54 Å². The van der Waals surface area contributed by atoms with Gasteiger partial charge < -0.3 is 5.32 Å². The number of fused-ring (bicyclic) bond motifs is 1. The highest BCUT2D eigenvalue weighted by Gasteiger charge is 2.19. The highest BCUT2D eigenvalue weighted by molar-refractivity contribution is 6.31. The van der Waals surface area contributed by atoms with Crippen molar-refractivity contribution < 1.29 is 4.79 Å². The average Bonchev–Trinajstić information content (AvgIpc) is 2.71. The summed E-state index contributed by atoms with van der Waals surface area (Å²) < 4.78 is 0. The normalized spacial score (nSPS) is 15.6. The molecule has 4 rings (SSSR count). The maximum absolute atomic E-state index is 12.6. The molecule has 0 saturated carbocycles. The predicted molar refractivity (Wildman–Crippen MR) is 116 cm³/mol. The second kappa shape index (κ2) is 8.74. The van der Waals surface area contributed by atoms with Crippen molar-refractivity contribution in [2.24, 2.45) is 0 Å². The Labute approximate surface area is 170 Å². The number of rotatable bonds is 5. The van der Waals surface area contributed by atoms with E-state index >= 15 is 0 Å². The SMILES string of the molecule is O=C(CN1CCN(Cc2ccccc2Cl)CC1)Nc1cccc2ccccc12. The Bertz CT molecular complexity index is 961. The Kier molecular flexibility index (Phi) is 5.91. The van der Waals surface area contributed by atoms with E-state index in [9.17, 15) is 4.79 Å². The quantitative estimate of drug-likeness (QED) is 0.703. The maximum Gasteiger partial charge on any atom is 0.238 e. The molecular formula is C23H24ClN3O. The van der Waals surface area contributed by atoms with Gasteiger partial charge in [-0.05, 0) is 23.1 Å². The maximum atomic E-state index is 12.6. The van der Waals surface area contributed by atoms with E-state index in [4.69, 9.17) is 11.6 Å². The number of carbonyl (C=O) groups excluding carboxylic acids is 1. The molecule has 1 fully saturated rings. The van der Waals surface area contributed by atoms with Gasteiger partial charge in [-0.2, -0.15) is 0 Å². The Balaban J connectivity index is 1.30. The lowest BCUT2D eigenvalue weighted by molar-refractivity contribution is -0.117. The molecule has 28 heavy (non-hydrogen) atoms. The van der Waals surface area contributed by atoms with Crippen LogP contribution in [0.15, 0.2) is 66.7 Å². The molecule has 0 aliphatic carbocycles. The van der Waals surface area contributed by atoms with Crippen LogP contribution in [0, 0.1) is 0 Å². The highest BCUT2D eigenvalue weighted by atomic mass is 35.5. The molecule has 1 aliphatic rings. The summed E-state index contributed by atoms with van der Waals surface area (Å²) in [7, 11) is 0. The van der Waals surface area contributed by atoms with Gasteiger partial charge in [-0.25, -0.2) is 0 Å². The van der Waals surface area contributed by atoms with E-state index in [2.05, 4.69) is 33.3 Å². The van der Waals surface area contributed by atoms with Crippen molar-refractivity contribution >= 4 is 34.0 Å². The number of anilines is 1. The van der Waals surface area contributed by atoms with Crippen molar-refractivity contribution in [2.75, 3.05) is 38.0 Å². The first-order valence-corrected chi connectivity index (χ1v) is 10.0. The van der Waals surface area contributed by atoms with Gasteiger partial charge in [0.15, 0.2) is 0 Å². The molecule has 3 aromatic carbocycles. The molecule has 144 valence electrons. The van der Waals surface area contributed by atoms with E-state index in [0.717, 1.165) is 59.8 Å². The summed E-state index contributed by atoms with van der Waals surface area (Å²) in [6.45, 7) is 4.92. The van der Waals surface area contributed by atoms with Crippen LogP contribution in [-0.4, -0.2) is 48.4 Å². The number of hydrogen-bond donors (Lipinski definition) is 1. The van der Waals surface area contributed by atoms with Gasteiger partial charge in [0.2, 0.25) is 5.91 Å². The van der Waals surface area contributed by atoms with Crippen LogP contribution in [0.25, 0.3) is 10.8 Å². The first-order chi connectivity index (χ1) is 13.7. The molecule has 0 atom stereocenters. The van der Waals surface area contributed by atoms with Crippen LogP contribution < -0.4 is 5.32 Å². The molecule has 0 unspecified atom stereocenters. The zero-order valence-electron chi connectivity index (χ0n) is 15.8. The van der Waals surface area contributed by atoms with Crippen LogP contribution >= 0.6 is 11.6 Å². The molecule has 0 bridgehead atoms. The lowest BCUT2D eigenvalue weighted by atomic mass is 10.1. The van der Waals surface area contributed by atoms with Gasteiger partial charge >= 0.3 is 0 Å². The van der Waals surface area contributed by atoms with Gasteiger partial charge in [0.25, 0.3) is 0 Å². The summed E-state index contributed by atoms with van der Waals surface area (Å²) in [4.78, 5) is 17.2. The molecule has 1 N–H and O–H groups in total. The van der Waals surface area contributed by atoms with Crippen LogP contribution in [-0.2, 0) is 11.3 Å². The van der Waals surface area contributed by atoms with E-state index in [1.165, 1.54) is 0 Å². The third-order valence-electron chi connectivity index (χ3n) is 5.25. The Morgan fingerprint density at radius 2 is 1.54 bits per heavy atom. The Hall–Kier alpha value is -2.40. The third-order valence-corrected chi connectivity index (χ3v) is 5.62. The van der Waals surface area contributed by atoms with Gasteiger partial charge in [-0.3, -0.25) is 14.6 Å². The fourth-order valence-electron chi connectivity index (χ4n) is 3.70. The number of carbonyl (C=O) groups is 1. The number of nitrogens with one attached hydrogen (secondary N) is 1. The molecule has 4 nitrogen and oxygen atoms in total.